The summed E-state index contributed by atoms with van der Waals surface area (Å²) < 4.78 is 6.91. The zero-order valence-electron chi connectivity index (χ0n) is 23.6. The van der Waals surface area contributed by atoms with E-state index in [9.17, 15) is 9.59 Å². The lowest BCUT2D eigenvalue weighted by atomic mass is 10.0. The second kappa shape index (κ2) is 14.6. The molecule has 43 heavy (non-hydrogen) atoms. The van der Waals surface area contributed by atoms with Gasteiger partial charge in [0.05, 0.1) is 37.3 Å². The van der Waals surface area contributed by atoms with Crippen LogP contribution in [0, 0.1) is 0 Å². The number of carboxylic acids is 2. The summed E-state index contributed by atoms with van der Waals surface area (Å²) in [4.78, 5) is 45.7. The number of aliphatic carboxylic acids is 2. The number of likely N-dealkylation sites (tertiary alicyclic amines) is 1. The van der Waals surface area contributed by atoms with Crippen molar-refractivity contribution >= 4 is 40.1 Å². The Kier molecular flexibility index (Phi) is 10.6. The van der Waals surface area contributed by atoms with E-state index in [0.717, 1.165) is 54.7 Å². The number of ether oxygens (including phenoxy) is 1. The van der Waals surface area contributed by atoms with Crippen molar-refractivity contribution < 1.29 is 34.2 Å². The van der Waals surface area contributed by atoms with E-state index in [1.165, 1.54) is 4.90 Å². The number of methoxy groups -OCH3 is 1. The van der Waals surface area contributed by atoms with Gasteiger partial charge in [-0.05, 0) is 60.9 Å². The molecule has 0 amide bonds. The number of fused-ring (bicyclic) bond motifs is 1. The van der Waals surface area contributed by atoms with Crippen LogP contribution in [0.25, 0.3) is 10.8 Å². The zero-order valence-corrected chi connectivity index (χ0v) is 24.4. The predicted octanol–water partition coefficient (Wildman–Crippen LogP) is 1.96. The zero-order chi connectivity index (χ0) is 30.9. The van der Waals surface area contributed by atoms with E-state index in [1.807, 2.05) is 72.8 Å². The minimum absolute atomic E-state index is 0.00895. The Morgan fingerprint density at radius 3 is 2.28 bits per heavy atom. The fraction of sp³-hybridized carbons (Fsp3) is 0.281. The quantitative estimate of drug-likeness (QED) is 0.240. The van der Waals surface area contributed by atoms with Gasteiger partial charge in [0, 0.05) is 28.8 Å². The van der Waals surface area contributed by atoms with E-state index in [-0.39, 0.29) is 17.4 Å². The molecule has 1 fully saturated rings. The minimum Gasteiger partial charge on any atom is -0.539 e. The molecule has 1 aromatic heterocycles. The lowest BCUT2D eigenvalue weighted by Gasteiger charge is -2.19. The van der Waals surface area contributed by atoms with E-state index in [2.05, 4.69) is 0 Å². The van der Waals surface area contributed by atoms with E-state index >= 15 is 0 Å². The van der Waals surface area contributed by atoms with Crippen LogP contribution >= 0.6 is 11.6 Å². The van der Waals surface area contributed by atoms with Crippen LogP contribution in [-0.4, -0.2) is 59.4 Å². The van der Waals surface area contributed by atoms with E-state index in [0.29, 0.717) is 28.9 Å². The van der Waals surface area contributed by atoms with Crippen LogP contribution in [-0.2, 0) is 16.0 Å². The average Bonchev–Trinajstić information content (AvgIpc) is 3.25. The van der Waals surface area contributed by atoms with Crippen molar-refractivity contribution in [2.45, 2.75) is 31.7 Å². The van der Waals surface area contributed by atoms with Gasteiger partial charge in [-0.3, -0.25) is 9.59 Å². The van der Waals surface area contributed by atoms with Crippen LogP contribution in [0.5, 0.6) is 5.75 Å². The Labute approximate surface area is 253 Å². The molecule has 4 aromatic rings. The Hall–Kier alpha value is -4.54. The Balaban J connectivity index is 0.000000641. The van der Waals surface area contributed by atoms with Crippen molar-refractivity contribution in [3.8, 4) is 5.75 Å². The summed E-state index contributed by atoms with van der Waals surface area (Å²) in [7, 11) is 1.62. The molecule has 0 radical (unpaired) electrons. The molecule has 0 aliphatic carbocycles. The summed E-state index contributed by atoms with van der Waals surface area (Å²) >= 11 is 6.07. The normalized spacial score (nSPS) is 16.4. The molecule has 5 rings (SSSR count). The molecular weight excluding hydrogens is 574 g/mol. The number of aromatic nitrogens is 2. The second-order valence-corrected chi connectivity index (χ2v) is 10.7. The fourth-order valence-corrected chi connectivity index (χ4v) is 5.33. The second-order valence-electron chi connectivity index (χ2n) is 10.3. The van der Waals surface area contributed by atoms with Crippen LogP contribution in [0.1, 0.15) is 46.9 Å². The number of quaternary nitrogens is 1. The average molecular weight is 606 g/mol. The fourth-order valence-electron chi connectivity index (χ4n) is 5.20. The molecule has 1 aliphatic rings. The Morgan fingerprint density at radius 2 is 1.65 bits per heavy atom. The maximum absolute atomic E-state index is 13.5. The lowest BCUT2D eigenvalue weighted by Crippen LogP contribution is -3.12. The molecular formula is C32H32ClN3O7. The topological polar surface area (TPSA) is 143 Å². The summed E-state index contributed by atoms with van der Waals surface area (Å²) in [5.74, 6) is -3.14. The number of Topliss-reactive ketones (excluding diaryl/α,β-unsaturated/α-hetero) is 1. The molecule has 2 N–H and O–H groups in total. The monoisotopic (exact) mass is 605 g/mol. The molecule has 2 heterocycles. The first-order valence-corrected chi connectivity index (χ1v) is 14.2. The van der Waals surface area contributed by atoms with Gasteiger partial charge in [0.1, 0.15) is 12.3 Å². The molecule has 1 saturated heterocycles. The van der Waals surface area contributed by atoms with Crippen molar-refractivity contribution in [3.63, 3.8) is 0 Å². The van der Waals surface area contributed by atoms with Crippen molar-refractivity contribution in [3.05, 3.63) is 105 Å². The van der Waals surface area contributed by atoms with Crippen molar-refractivity contribution in [1.29, 1.82) is 0 Å². The number of hydrogen-bond donors (Lipinski definition) is 2. The van der Waals surface area contributed by atoms with Gasteiger partial charge in [0.15, 0.2) is 5.97 Å². The number of hydrogen-bond acceptors (Lipinski definition) is 7. The lowest BCUT2D eigenvalue weighted by molar-refractivity contribution is -0.890. The summed E-state index contributed by atoms with van der Waals surface area (Å²) in [5.41, 5.74) is 2.65. The van der Waals surface area contributed by atoms with Gasteiger partial charge in [0.2, 0.25) is 5.78 Å². The smallest absolute Gasteiger partial charge is 0.351 e. The third-order valence-corrected chi connectivity index (χ3v) is 7.68. The number of rotatable bonds is 7. The molecule has 3 aromatic carbocycles. The maximum Gasteiger partial charge on any atom is 0.351 e. The van der Waals surface area contributed by atoms with Gasteiger partial charge in [-0.2, -0.15) is 5.10 Å². The number of carbonyl (C=O) groups excluding carboxylic acids is 2. The molecule has 0 bridgehead atoms. The first-order valence-electron chi connectivity index (χ1n) is 13.9. The third-order valence-electron chi connectivity index (χ3n) is 7.43. The van der Waals surface area contributed by atoms with Gasteiger partial charge in [-0.15, -0.1) is 0 Å². The molecule has 2 atom stereocenters. The van der Waals surface area contributed by atoms with Gasteiger partial charge in [0.25, 0.3) is 5.56 Å². The van der Waals surface area contributed by atoms with Gasteiger partial charge < -0.3 is 24.6 Å². The van der Waals surface area contributed by atoms with Crippen molar-refractivity contribution in [2.75, 3.05) is 26.7 Å². The number of ketones is 1. The van der Waals surface area contributed by atoms with Crippen molar-refractivity contribution in [1.82, 2.24) is 9.78 Å². The molecule has 2 unspecified atom stereocenters. The molecule has 0 saturated carbocycles. The standard InChI is InChI=1S/C30H30ClN3O3.C2H2O4/c1-37-25-14-10-22(11-15-25)29(35)20-33-17-4-5-24(16-18-33)34-30(36)27-7-3-2-6-26(27)28(32-34)19-21-8-12-23(31)13-9-21;3-1(4)2(5)6/h2-3,6-15,24H,4-5,16-20H2,1H3;(H,3,4)(H,5,6). The van der Waals surface area contributed by atoms with Crippen LogP contribution in [0.2, 0.25) is 5.02 Å². The molecule has 224 valence electrons. The number of nitrogens with zero attached hydrogens (tertiary/aromatic N) is 2. The number of carbonyl (C=O) groups is 3. The largest absolute Gasteiger partial charge is 0.539 e. The first kappa shape index (κ1) is 31.4. The highest BCUT2D eigenvalue weighted by Gasteiger charge is 2.25. The van der Waals surface area contributed by atoms with Crippen LogP contribution in [0.15, 0.2) is 77.6 Å². The summed E-state index contributed by atoms with van der Waals surface area (Å²) in [5, 5.41) is 23.5. The Morgan fingerprint density at radius 1 is 1.00 bits per heavy atom. The van der Waals surface area contributed by atoms with Gasteiger partial charge in [-0.1, -0.05) is 41.9 Å². The summed E-state index contributed by atoms with van der Waals surface area (Å²) in [6.07, 6.45) is 3.23. The number of carboxylic acid groups (broad SMARTS) is 2. The van der Waals surface area contributed by atoms with Gasteiger partial charge in [-0.25, -0.2) is 9.48 Å². The minimum atomic E-state index is -2.07. The first-order chi connectivity index (χ1) is 20.7. The predicted molar refractivity (Wildman–Crippen MR) is 159 cm³/mol. The van der Waals surface area contributed by atoms with E-state index < -0.39 is 11.9 Å². The third kappa shape index (κ3) is 8.27. The van der Waals surface area contributed by atoms with E-state index in [1.54, 1.807) is 11.8 Å². The molecule has 0 spiro atoms. The Bertz CT molecular complexity index is 1640. The van der Waals surface area contributed by atoms with Crippen molar-refractivity contribution in [2.24, 2.45) is 0 Å². The van der Waals surface area contributed by atoms with E-state index in [4.69, 9.17) is 41.2 Å². The maximum atomic E-state index is 13.5. The molecule has 1 aliphatic heterocycles. The van der Waals surface area contributed by atoms with Crippen LogP contribution in [0.4, 0.5) is 0 Å². The number of nitrogens with one attached hydrogen (secondary N) is 1. The SMILES string of the molecule is COc1ccc(C(=O)C[NH+]2CCCC(n3nc(Cc4ccc(Cl)cc4)c4ccccc4c3=O)CC2)cc1.O=C([O-])C(=O)O. The summed E-state index contributed by atoms with van der Waals surface area (Å²) in [6, 6.07) is 22.8. The molecule has 10 nitrogen and oxygen atoms in total. The highest BCUT2D eigenvalue weighted by atomic mass is 35.5. The van der Waals surface area contributed by atoms with Crippen LogP contribution < -0.4 is 20.3 Å². The highest BCUT2D eigenvalue weighted by molar-refractivity contribution is 6.30. The highest BCUT2D eigenvalue weighted by Crippen LogP contribution is 2.22. The van der Waals surface area contributed by atoms with Gasteiger partial charge >= 0.3 is 5.97 Å². The number of halogens is 1. The number of benzene rings is 3. The summed E-state index contributed by atoms with van der Waals surface area (Å²) in [6.45, 7) is 2.17. The van der Waals surface area contributed by atoms with Crippen LogP contribution in [0.3, 0.4) is 0 Å². The molecule has 11 heteroatoms.